The minimum atomic E-state index is -0.504. The van der Waals surface area contributed by atoms with Crippen molar-refractivity contribution in [3.63, 3.8) is 0 Å². The highest BCUT2D eigenvalue weighted by Crippen LogP contribution is 2.18. The molecule has 1 amide bonds. The summed E-state index contributed by atoms with van der Waals surface area (Å²) >= 11 is 3.20. The Bertz CT molecular complexity index is 493. The minimum absolute atomic E-state index is 0.104. The molecule has 1 N–H and O–H groups in total. The summed E-state index contributed by atoms with van der Waals surface area (Å²) in [5, 5.41) is 3.36. The molecular weight excluding hydrogens is 339 g/mol. The fourth-order valence-electron chi connectivity index (χ4n) is 2.49. The molecule has 21 heavy (non-hydrogen) atoms. The van der Waals surface area contributed by atoms with Gasteiger partial charge >= 0.3 is 0 Å². The van der Waals surface area contributed by atoms with Crippen molar-refractivity contribution in [3.05, 3.63) is 34.1 Å². The molecule has 1 saturated heterocycles. The number of carbonyl (C=O) groups is 1. The Kier molecular flexibility index (Phi) is 6.14. The highest BCUT2D eigenvalue weighted by atomic mass is 79.9. The van der Waals surface area contributed by atoms with Crippen molar-refractivity contribution in [1.82, 2.24) is 10.2 Å². The van der Waals surface area contributed by atoms with Crippen LogP contribution in [-0.2, 0) is 4.74 Å². The Morgan fingerprint density at radius 1 is 1.57 bits per heavy atom. The molecule has 1 heterocycles. The second-order valence-corrected chi connectivity index (χ2v) is 6.08. The van der Waals surface area contributed by atoms with Gasteiger partial charge in [-0.2, -0.15) is 0 Å². The molecular formula is C15H20BrFN2O2. The normalized spacial score (nSPS) is 18.0. The summed E-state index contributed by atoms with van der Waals surface area (Å²) < 4.78 is 19.7. The van der Waals surface area contributed by atoms with E-state index in [0.29, 0.717) is 24.2 Å². The Balaban J connectivity index is 2.11. The molecule has 1 aliphatic heterocycles. The van der Waals surface area contributed by atoms with Gasteiger partial charge in [-0.05, 0) is 37.6 Å². The summed E-state index contributed by atoms with van der Waals surface area (Å²) in [7, 11) is 1.59. The van der Waals surface area contributed by atoms with Gasteiger partial charge in [0.1, 0.15) is 5.82 Å². The Labute approximate surface area is 132 Å². The van der Waals surface area contributed by atoms with Crippen LogP contribution in [0.4, 0.5) is 4.39 Å². The van der Waals surface area contributed by atoms with Crippen LogP contribution >= 0.6 is 15.9 Å². The average molecular weight is 359 g/mol. The third-order valence-corrected chi connectivity index (χ3v) is 4.11. The van der Waals surface area contributed by atoms with E-state index in [0.717, 1.165) is 19.4 Å². The quantitative estimate of drug-likeness (QED) is 0.848. The number of nitrogens with zero attached hydrogens (tertiary/aromatic N) is 1. The summed E-state index contributed by atoms with van der Waals surface area (Å²) in [5.74, 6) is -0.790. The maximum absolute atomic E-state index is 14.0. The summed E-state index contributed by atoms with van der Waals surface area (Å²) in [6, 6.07) is 4.79. The first kappa shape index (κ1) is 16.4. The lowest BCUT2D eigenvalue weighted by Gasteiger charge is -2.26. The van der Waals surface area contributed by atoms with Crippen LogP contribution in [-0.4, -0.2) is 50.2 Å². The van der Waals surface area contributed by atoms with Crippen LogP contribution in [0.15, 0.2) is 22.7 Å². The lowest BCUT2D eigenvalue weighted by atomic mass is 10.1. The van der Waals surface area contributed by atoms with Crippen molar-refractivity contribution >= 4 is 21.8 Å². The number of rotatable bonds is 6. The van der Waals surface area contributed by atoms with Crippen LogP contribution in [0.1, 0.15) is 23.2 Å². The van der Waals surface area contributed by atoms with E-state index in [9.17, 15) is 9.18 Å². The molecule has 0 aromatic heterocycles. The molecule has 1 unspecified atom stereocenters. The van der Waals surface area contributed by atoms with E-state index in [4.69, 9.17) is 4.74 Å². The van der Waals surface area contributed by atoms with Crippen molar-refractivity contribution in [1.29, 1.82) is 0 Å². The summed E-state index contributed by atoms with van der Waals surface area (Å²) in [6.45, 7) is 2.46. The van der Waals surface area contributed by atoms with E-state index < -0.39 is 5.82 Å². The van der Waals surface area contributed by atoms with Gasteiger partial charge in [0, 0.05) is 30.7 Å². The third-order valence-electron chi connectivity index (χ3n) is 3.62. The van der Waals surface area contributed by atoms with E-state index in [-0.39, 0.29) is 17.5 Å². The van der Waals surface area contributed by atoms with Gasteiger partial charge in [0.2, 0.25) is 0 Å². The monoisotopic (exact) mass is 358 g/mol. The van der Waals surface area contributed by atoms with E-state index in [1.165, 1.54) is 12.1 Å². The number of amides is 1. The van der Waals surface area contributed by atoms with Crippen LogP contribution in [0.2, 0.25) is 0 Å². The van der Waals surface area contributed by atoms with Crippen LogP contribution in [0, 0.1) is 5.82 Å². The molecule has 1 aromatic rings. The first-order valence-electron chi connectivity index (χ1n) is 7.08. The lowest BCUT2D eigenvalue weighted by molar-refractivity contribution is 0.0674. The zero-order valence-corrected chi connectivity index (χ0v) is 13.7. The maximum atomic E-state index is 14.0. The summed E-state index contributed by atoms with van der Waals surface area (Å²) in [6.07, 6.45) is 2.16. The first-order valence-corrected chi connectivity index (χ1v) is 7.87. The number of methoxy groups -OCH3 is 1. The second-order valence-electron chi connectivity index (χ2n) is 5.16. The van der Waals surface area contributed by atoms with Gasteiger partial charge < -0.3 is 15.0 Å². The fourth-order valence-corrected chi connectivity index (χ4v) is 2.82. The van der Waals surface area contributed by atoms with Crippen molar-refractivity contribution < 1.29 is 13.9 Å². The zero-order valence-electron chi connectivity index (χ0n) is 12.1. The van der Waals surface area contributed by atoms with E-state index in [2.05, 4.69) is 21.2 Å². The molecule has 0 spiro atoms. The molecule has 4 nitrogen and oxygen atoms in total. The van der Waals surface area contributed by atoms with Crippen LogP contribution < -0.4 is 5.32 Å². The molecule has 1 aliphatic rings. The van der Waals surface area contributed by atoms with Crippen molar-refractivity contribution in [2.45, 2.75) is 18.9 Å². The molecule has 0 bridgehead atoms. The molecule has 0 saturated carbocycles. The van der Waals surface area contributed by atoms with Gasteiger partial charge in [0.25, 0.3) is 5.91 Å². The summed E-state index contributed by atoms with van der Waals surface area (Å²) in [4.78, 5) is 14.2. The lowest BCUT2D eigenvalue weighted by Crippen LogP contribution is -2.43. The fraction of sp³-hybridized carbons (Fsp3) is 0.533. The molecule has 1 fully saturated rings. The molecule has 116 valence electrons. The van der Waals surface area contributed by atoms with Crippen molar-refractivity contribution in [3.8, 4) is 0 Å². The summed E-state index contributed by atoms with van der Waals surface area (Å²) in [5.41, 5.74) is 0.104. The Morgan fingerprint density at radius 3 is 3.00 bits per heavy atom. The minimum Gasteiger partial charge on any atom is -0.383 e. The number of hydrogen-bond donors (Lipinski definition) is 1. The topological polar surface area (TPSA) is 41.6 Å². The van der Waals surface area contributed by atoms with Crippen LogP contribution in [0.5, 0.6) is 0 Å². The zero-order chi connectivity index (χ0) is 15.2. The van der Waals surface area contributed by atoms with Gasteiger partial charge in [-0.3, -0.25) is 4.79 Å². The van der Waals surface area contributed by atoms with E-state index in [1.54, 1.807) is 18.1 Å². The van der Waals surface area contributed by atoms with Gasteiger partial charge in [-0.1, -0.05) is 15.9 Å². The molecule has 2 rings (SSSR count). The Hall–Kier alpha value is -0.980. The molecule has 6 heteroatoms. The van der Waals surface area contributed by atoms with E-state index in [1.807, 2.05) is 0 Å². The number of carbonyl (C=O) groups excluding carboxylic acids is 1. The third kappa shape index (κ3) is 4.49. The predicted molar refractivity (Wildman–Crippen MR) is 82.9 cm³/mol. The largest absolute Gasteiger partial charge is 0.383 e. The maximum Gasteiger partial charge on any atom is 0.256 e. The van der Waals surface area contributed by atoms with Crippen LogP contribution in [0.25, 0.3) is 0 Å². The highest BCUT2D eigenvalue weighted by Gasteiger charge is 2.24. The number of nitrogens with one attached hydrogen (secondary N) is 1. The van der Waals surface area contributed by atoms with Gasteiger partial charge in [0.05, 0.1) is 12.2 Å². The number of ether oxygens (including phenoxy) is 1. The molecule has 1 atom stereocenters. The first-order chi connectivity index (χ1) is 10.1. The SMILES string of the molecule is COCCN(CC1CCCN1)C(=O)c1ccc(Br)cc1F. The standard InChI is InChI=1S/C15H20BrFN2O2/c1-21-8-7-19(10-12-3-2-6-18-12)15(20)13-5-4-11(16)9-14(13)17/h4-5,9,12,18H,2-3,6-8,10H2,1H3. The second kappa shape index (κ2) is 7.87. The van der Waals surface area contributed by atoms with Gasteiger partial charge in [-0.25, -0.2) is 4.39 Å². The van der Waals surface area contributed by atoms with Crippen LogP contribution in [0.3, 0.4) is 0 Å². The molecule has 1 aromatic carbocycles. The average Bonchev–Trinajstić information content (AvgIpc) is 2.95. The number of halogens is 2. The predicted octanol–water partition coefficient (Wildman–Crippen LogP) is 2.43. The highest BCUT2D eigenvalue weighted by molar-refractivity contribution is 9.10. The van der Waals surface area contributed by atoms with E-state index >= 15 is 0 Å². The smallest absolute Gasteiger partial charge is 0.256 e. The van der Waals surface area contributed by atoms with Crippen molar-refractivity contribution in [2.75, 3.05) is 33.4 Å². The number of hydrogen-bond acceptors (Lipinski definition) is 3. The number of benzene rings is 1. The van der Waals surface area contributed by atoms with Crippen molar-refractivity contribution in [2.24, 2.45) is 0 Å². The van der Waals surface area contributed by atoms with Gasteiger partial charge in [-0.15, -0.1) is 0 Å². The Morgan fingerprint density at radius 2 is 2.38 bits per heavy atom. The molecule has 0 radical (unpaired) electrons. The molecule has 0 aliphatic carbocycles. The van der Waals surface area contributed by atoms with Gasteiger partial charge in [0.15, 0.2) is 0 Å².